The van der Waals surface area contributed by atoms with Crippen molar-refractivity contribution in [3.8, 4) is 11.5 Å². The van der Waals surface area contributed by atoms with Crippen molar-refractivity contribution in [3.05, 3.63) is 52.8 Å². The summed E-state index contributed by atoms with van der Waals surface area (Å²) in [6.07, 6.45) is -3.27. The van der Waals surface area contributed by atoms with E-state index in [-0.39, 0.29) is 5.75 Å². The van der Waals surface area contributed by atoms with Crippen LogP contribution in [0.5, 0.6) is 11.5 Å². The molecule has 0 bridgehead atoms. The van der Waals surface area contributed by atoms with Crippen molar-refractivity contribution in [1.29, 1.82) is 0 Å². The van der Waals surface area contributed by atoms with Gasteiger partial charge in [0.05, 0.1) is 11.9 Å². The number of hydrogen-bond donors (Lipinski definition) is 1. The first-order valence-corrected chi connectivity index (χ1v) is 7.06. The van der Waals surface area contributed by atoms with Gasteiger partial charge in [-0.1, -0.05) is 6.07 Å². The molecule has 7 heteroatoms. The number of nitrogens with zero attached hydrogens (tertiary/aromatic N) is 1. The monoisotopic (exact) mass is 340 g/mol. The average molecular weight is 340 g/mol. The number of ether oxygens (including phenoxy) is 1. The Kier molecular flexibility index (Phi) is 5.11. The molecular formula is C17H16F4N2O. The van der Waals surface area contributed by atoms with Crippen molar-refractivity contribution in [2.45, 2.75) is 20.0 Å². The minimum absolute atomic E-state index is 0.282. The Labute approximate surface area is 137 Å². The van der Waals surface area contributed by atoms with Gasteiger partial charge in [-0.3, -0.25) is 4.99 Å². The van der Waals surface area contributed by atoms with E-state index in [0.29, 0.717) is 11.6 Å². The molecule has 0 aliphatic heterocycles. The smallest absolute Gasteiger partial charge is 0.419 e. The van der Waals surface area contributed by atoms with E-state index in [1.54, 1.807) is 33.0 Å². The molecule has 0 amide bonds. The fourth-order valence-corrected chi connectivity index (χ4v) is 2.12. The molecule has 1 N–H and O–H groups in total. The van der Waals surface area contributed by atoms with Gasteiger partial charge in [0.2, 0.25) is 0 Å². The van der Waals surface area contributed by atoms with Crippen LogP contribution < -0.4 is 10.1 Å². The number of alkyl halides is 3. The Bertz CT molecular complexity index is 770. The first-order chi connectivity index (χ1) is 11.2. The zero-order chi connectivity index (χ0) is 17.9. The molecule has 0 unspecified atom stereocenters. The number of anilines is 1. The summed E-state index contributed by atoms with van der Waals surface area (Å²) in [6.45, 7) is 3.51. The first kappa shape index (κ1) is 17.8. The highest BCUT2D eigenvalue weighted by Crippen LogP contribution is 2.37. The van der Waals surface area contributed by atoms with Crippen molar-refractivity contribution < 1.29 is 22.3 Å². The molecule has 0 aromatic heterocycles. The molecule has 0 aliphatic rings. The van der Waals surface area contributed by atoms with Gasteiger partial charge in [-0.25, -0.2) is 4.39 Å². The minimum atomic E-state index is -4.78. The Balaban J connectivity index is 2.37. The normalized spacial score (nSPS) is 11.8. The molecule has 2 rings (SSSR count). The molecule has 24 heavy (non-hydrogen) atoms. The zero-order valence-corrected chi connectivity index (χ0v) is 13.3. The third-order valence-corrected chi connectivity index (χ3v) is 3.36. The summed E-state index contributed by atoms with van der Waals surface area (Å²) in [5, 5.41) is 2.96. The molecule has 0 heterocycles. The van der Waals surface area contributed by atoms with E-state index < -0.39 is 23.3 Å². The minimum Gasteiger partial charge on any atom is -0.454 e. The van der Waals surface area contributed by atoms with Crippen molar-refractivity contribution in [3.63, 3.8) is 0 Å². The lowest BCUT2D eigenvalue weighted by molar-refractivity contribution is -0.140. The maximum absolute atomic E-state index is 14.1. The molecule has 0 radical (unpaired) electrons. The molecule has 2 aromatic rings. The van der Waals surface area contributed by atoms with Crippen molar-refractivity contribution in [2.75, 3.05) is 12.4 Å². The summed E-state index contributed by atoms with van der Waals surface area (Å²) in [5.74, 6) is -1.62. The Hall–Kier alpha value is -2.57. The van der Waals surface area contributed by atoms with Crippen molar-refractivity contribution >= 4 is 12.0 Å². The number of halogens is 4. The van der Waals surface area contributed by atoms with Gasteiger partial charge in [0, 0.05) is 12.7 Å². The second-order valence-corrected chi connectivity index (χ2v) is 5.18. The van der Waals surface area contributed by atoms with E-state index in [2.05, 4.69) is 10.3 Å². The third kappa shape index (κ3) is 3.84. The molecule has 0 spiro atoms. The fraction of sp³-hybridized carbons (Fsp3) is 0.235. The summed E-state index contributed by atoms with van der Waals surface area (Å²) in [6, 6.07) is 6.32. The summed E-state index contributed by atoms with van der Waals surface area (Å²) in [5.41, 5.74) is 0.842. The fourth-order valence-electron chi connectivity index (χ4n) is 2.12. The highest BCUT2D eigenvalue weighted by atomic mass is 19.4. The predicted octanol–water partition coefficient (Wildman–Crippen LogP) is 5.32. The summed E-state index contributed by atoms with van der Waals surface area (Å²) in [4.78, 5) is 3.81. The SMILES string of the molecule is CN=CNc1cc(C)c(Oc2cccc(C(F)(F)F)c2F)cc1C. The van der Waals surface area contributed by atoms with Crippen LogP contribution in [0.4, 0.5) is 23.2 Å². The van der Waals surface area contributed by atoms with E-state index in [9.17, 15) is 17.6 Å². The molecule has 0 fully saturated rings. The molecule has 0 aliphatic carbocycles. The second-order valence-electron chi connectivity index (χ2n) is 5.18. The highest BCUT2D eigenvalue weighted by Gasteiger charge is 2.35. The van der Waals surface area contributed by atoms with Crippen LogP contribution in [0.3, 0.4) is 0 Å². The molecule has 2 aromatic carbocycles. The topological polar surface area (TPSA) is 33.6 Å². The van der Waals surface area contributed by atoms with Crippen LogP contribution in [0.2, 0.25) is 0 Å². The Morgan fingerprint density at radius 2 is 1.79 bits per heavy atom. The Morgan fingerprint density at radius 1 is 1.08 bits per heavy atom. The quantitative estimate of drug-likeness (QED) is 0.464. The standard InChI is InChI=1S/C17H16F4N2O/c1-10-8-15(11(2)7-13(10)23-9-22-3)24-14-6-4-5-12(16(14)18)17(19,20)21/h4-9H,1-3H3,(H,22,23). The predicted molar refractivity (Wildman–Crippen MR) is 85.4 cm³/mol. The average Bonchev–Trinajstić information content (AvgIpc) is 2.50. The number of rotatable bonds is 4. The third-order valence-electron chi connectivity index (χ3n) is 3.36. The molecule has 0 atom stereocenters. The maximum Gasteiger partial charge on any atom is 0.419 e. The van der Waals surface area contributed by atoms with Gasteiger partial charge < -0.3 is 10.1 Å². The van der Waals surface area contributed by atoms with Gasteiger partial charge in [0.25, 0.3) is 0 Å². The van der Waals surface area contributed by atoms with Crippen LogP contribution >= 0.6 is 0 Å². The highest BCUT2D eigenvalue weighted by molar-refractivity contribution is 5.78. The number of nitrogens with one attached hydrogen (secondary N) is 1. The number of aliphatic imine (C=N–C) groups is 1. The van der Waals surface area contributed by atoms with Crippen LogP contribution in [0.1, 0.15) is 16.7 Å². The number of hydrogen-bond acceptors (Lipinski definition) is 2. The zero-order valence-electron chi connectivity index (χ0n) is 13.3. The number of benzene rings is 2. The first-order valence-electron chi connectivity index (χ1n) is 7.06. The largest absolute Gasteiger partial charge is 0.454 e. The van der Waals surface area contributed by atoms with Crippen molar-refractivity contribution in [2.24, 2.45) is 4.99 Å². The van der Waals surface area contributed by atoms with Gasteiger partial charge in [0.15, 0.2) is 11.6 Å². The van der Waals surface area contributed by atoms with Crippen LogP contribution in [0.25, 0.3) is 0 Å². The van der Waals surface area contributed by atoms with Crippen LogP contribution in [-0.2, 0) is 6.18 Å². The molecule has 3 nitrogen and oxygen atoms in total. The molecule has 0 saturated heterocycles. The van der Waals surface area contributed by atoms with Gasteiger partial charge in [-0.15, -0.1) is 0 Å². The van der Waals surface area contributed by atoms with E-state index in [4.69, 9.17) is 4.74 Å². The molecular weight excluding hydrogens is 324 g/mol. The van der Waals surface area contributed by atoms with Crippen LogP contribution in [0.15, 0.2) is 35.3 Å². The van der Waals surface area contributed by atoms with E-state index in [0.717, 1.165) is 23.4 Å². The lowest BCUT2D eigenvalue weighted by atomic mass is 10.1. The van der Waals surface area contributed by atoms with E-state index in [1.807, 2.05) is 0 Å². The van der Waals surface area contributed by atoms with Gasteiger partial charge >= 0.3 is 6.18 Å². The van der Waals surface area contributed by atoms with Gasteiger partial charge in [-0.05, 0) is 49.2 Å². The Morgan fingerprint density at radius 3 is 2.42 bits per heavy atom. The van der Waals surface area contributed by atoms with E-state index in [1.165, 1.54) is 6.34 Å². The lowest BCUT2D eigenvalue weighted by Gasteiger charge is -2.15. The molecule has 0 saturated carbocycles. The van der Waals surface area contributed by atoms with Crippen molar-refractivity contribution in [1.82, 2.24) is 0 Å². The van der Waals surface area contributed by atoms with Gasteiger partial charge in [0.1, 0.15) is 5.75 Å². The second kappa shape index (κ2) is 6.90. The summed E-state index contributed by atoms with van der Waals surface area (Å²) < 4.78 is 57.7. The van der Waals surface area contributed by atoms with Crippen LogP contribution in [0, 0.1) is 19.7 Å². The van der Waals surface area contributed by atoms with Crippen LogP contribution in [-0.4, -0.2) is 13.4 Å². The summed E-state index contributed by atoms with van der Waals surface area (Å²) in [7, 11) is 1.61. The molecule has 128 valence electrons. The lowest BCUT2D eigenvalue weighted by Crippen LogP contribution is -2.08. The number of aryl methyl sites for hydroxylation is 2. The maximum atomic E-state index is 14.1. The summed E-state index contributed by atoms with van der Waals surface area (Å²) >= 11 is 0. The van der Waals surface area contributed by atoms with E-state index >= 15 is 0 Å². The van der Waals surface area contributed by atoms with Gasteiger partial charge in [-0.2, -0.15) is 13.2 Å².